The van der Waals surface area contributed by atoms with Crippen molar-refractivity contribution < 1.29 is 19.3 Å². The first kappa shape index (κ1) is 12.6. The van der Waals surface area contributed by atoms with Crippen molar-refractivity contribution in [3.63, 3.8) is 0 Å². The number of rotatable bonds is 4. The Morgan fingerprint density at radius 2 is 2.12 bits per heavy atom. The summed E-state index contributed by atoms with van der Waals surface area (Å²) in [5, 5.41) is 14.1. The number of esters is 1. The zero-order chi connectivity index (χ0) is 12.8. The maximum absolute atomic E-state index is 11.4. The third-order valence-electron chi connectivity index (χ3n) is 1.89. The van der Waals surface area contributed by atoms with Gasteiger partial charge in [0.25, 0.3) is 5.69 Å². The van der Waals surface area contributed by atoms with Gasteiger partial charge in [-0.1, -0.05) is 17.3 Å². The lowest BCUT2D eigenvalue weighted by Gasteiger charge is -2.03. The smallest absolute Gasteiger partial charge is 0.360 e. The first-order valence-corrected chi connectivity index (χ1v) is 4.54. The van der Waals surface area contributed by atoms with E-state index in [-0.39, 0.29) is 17.0 Å². The molecule has 0 heterocycles. The molecular weight excluding hydrogens is 228 g/mol. The number of carbonyl (C=O) groups excluding carboxylic acids is 1. The molecule has 0 aliphatic heterocycles. The van der Waals surface area contributed by atoms with Crippen LogP contribution in [0.15, 0.2) is 29.4 Å². The Morgan fingerprint density at radius 1 is 1.41 bits per heavy atom. The third-order valence-corrected chi connectivity index (χ3v) is 1.89. The Hall–Kier alpha value is -2.44. The number of hydrogen-bond acceptors (Lipinski definition) is 6. The van der Waals surface area contributed by atoms with Crippen LogP contribution in [0.3, 0.4) is 0 Å². The van der Waals surface area contributed by atoms with Crippen molar-refractivity contribution in [1.29, 1.82) is 0 Å². The Morgan fingerprint density at radius 3 is 2.65 bits per heavy atom. The number of nitro groups is 1. The molecule has 0 aliphatic carbocycles. The van der Waals surface area contributed by atoms with Crippen molar-refractivity contribution in [3.8, 4) is 0 Å². The van der Waals surface area contributed by atoms with Gasteiger partial charge < -0.3 is 9.57 Å². The molecule has 7 nitrogen and oxygen atoms in total. The van der Waals surface area contributed by atoms with Gasteiger partial charge in [0.2, 0.25) is 0 Å². The molecule has 1 aromatic rings. The monoisotopic (exact) mass is 238 g/mol. The highest BCUT2D eigenvalue weighted by Gasteiger charge is 2.18. The molecule has 1 rings (SSSR count). The summed E-state index contributed by atoms with van der Waals surface area (Å²) in [6.45, 7) is 0. The molecule has 90 valence electrons. The van der Waals surface area contributed by atoms with E-state index in [1.807, 2.05) is 0 Å². The number of methoxy groups -OCH3 is 1. The predicted molar refractivity (Wildman–Crippen MR) is 58.7 cm³/mol. The molecule has 0 unspecified atom stereocenters. The highest BCUT2D eigenvalue weighted by molar-refractivity contribution is 6.43. The number of benzene rings is 1. The number of nitro benzene ring substituents is 1. The van der Waals surface area contributed by atoms with Crippen molar-refractivity contribution in [2.24, 2.45) is 5.16 Å². The molecule has 0 saturated carbocycles. The molecule has 0 saturated heterocycles. The summed E-state index contributed by atoms with van der Waals surface area (Å²) in [5.41, 5.74) is -0.0122. The molecule has 1 aromatic carbocycles. The Kier molecular flexibility index (Phi) is 4.15. The van der Waals surface area contributed by atoms with E-state index < -0.39 is 10.9 Å². The SMILES string of the molecule is CO/N=C(\C(=O)OC)c1cccc([N+](=O)[O-])c1. The normalized spacial score (nSPS) is 10.8. The van der Waals surface area contributed by atoms with Gasteiger partial charge in [-0.05, 0) is 0 Å². The van der Waals surface area contributed by atoms with Gasteiger partial charge in [-0.2, -0.15) is 0 Å². The molecule has 0 amide bonds. The van der Waals surface area contributed by atoms with Crippen molar-refractivity contribution >= 4 is 17.4 Å². The topological polar surface area (TPSA) is 91.0 Å². The number of oxime groups is 1. The molecule has 0 radical (unpaired) electrons. The Balaban J connectivity index is 3.20. The maximum Gasteiger partial charge on any atom is 0.360 e. The lowest BCUT2D eigenvalue weighted by molar-refractivity contribution is -0.384. The lowest BCUT2D eigenvalue weighted by atomic mass is 10.1. The highest BCUT2D eigenvalue weighted by Crippen LogP contribution is 2.14. The van der Waals surface area contributed by atoms with Crippen molar-refractivity contribution in [2.45, 2.75) is 0 Å². The van der Waals surface area contributed by atoms with Gasteiger partial charge in [0.05, 0.1) is 12.0 Å². The van der Waals surface area contributed by atoms with E-state index in [1.54, 1.807) is 0 Å². The Labute approximate surface area is 96.8 Å². The quantitative estimate of drug-likeness (QED) is 0.339. The molecule has 0 aliphatic rings. The number of nitrogens with zero attached hydrogens (tertiary/aromatic N) is 2. The molecule has 0 atom stereocenters. The number of hydrogen-bond donors (Lipinski definition) is 0. The van der Waals surface area contributed by atoms with E-state index in [0.29, 0.717) is 0 Å². The first-order chi connectivity index (χ1) is 8.10. The van der Waals surface area contributed by atoms with Crippen molar-refractivity contribution in [1.82, 2.24) is 0 Å². The van der Waals surface area contributed by atoms with Crippen LogP contribution in [-0.4, -0.2) is 30.8 Å². The standard InChI is InChI=1S/C10H10N2O5/c1-16-10(13)9(11-17-2)7-4-3-5-8(6-7)12(14)15/h3-6H,1-2H3/b11-9-. The molecule has 0 bridgehead atoms. The number of non-ortho nitro benzene ring substituents is 1. The summed E-state index contributed by atoms with van der Waals surface area (Å²) in [6.07, 6.45) is 0. The zero-order valence-electron chi connectivity index (χ0n) is 9.25. The van der Waals surface area contributed by atoms with E-state index >= 15 is 0 Å². The summed E-state index contributed by atoms with van der Waals surface area (Å²) >= 11 is 0. The summed E-state index contributed by atoms with van der Waals surface area (Å²) in [7, 11) is 2.45. The zero-order valence-corrected chi connectivity index (χ0v) is 9.25. The average molecular weight is 238 g/mol. The van der Waals surface area contributed by atoms with Gasteiger partial charge in [0, 0.05) is 17.7 Å². The molecule has 17 heavy (non-hydrogen) atoms. The van der Waals surface area contributed by atoms with Crippen LogP contribution in [-0.2, 0) is 14.4 Å². The van der Waals surface area contributed by atoms with Gasteiger partial charge in [0.15, 0.2) is 5.71 Å². The van der Waals surface area contributed by atoms with Crippen LogP contribution in [0.4, 0.5) is 5.69 Å². The molecule has 0 N–H and O–H groups in total. The fourth-order valence-electron chi connectivity index (χ4n) is 1.16. The molecule has 0 fully saturated rings. The number of ether oxygens (including phenoxy) is 1. The maximum atomic E-state index is 11.4. The van der Waals surface area contributed by atoms with E-state index in [4.69, 9.17) is 0 Å². The van der Waals surface area contributed by atoms with E-state index in [2.05, 4.69) is 14.7 Å². The van der Waals surface area contributed by atoms with Gasteiger partial charge in [-0.15, -0.1) is 0 Å². The summed E-state index contributed by atoms with van der Waals surface area (Å²) < 4.78 is 4.50. The van der Waals surface area contributed by atoms with Crippen LogP contribution < -0.4 is 0 Å². The minimum absolute atomic E-state index is 0.126. The Bertz CT molecular complexity index is 470. The highest BCUT2D eigenvalue weighted by atomic mass is 16.6. The van der Waals surface area contributed by atoms with Gasteiger partial charge in [-0.25, -0.2) is 4.79 Å². The van der Waals surface area contributed by atoms with E-state index in [0.717, 1.165) is 0 Å². The minimum atomic E-state index is -0.729. The largest absolute Gasteiger partial charge is 0.464 e. The van der Waals surface area contributed by atoms with E-state index in [1.165, 1.54) is 38.5 Å². The molecular formula is C10H10N2O5. The van der Waals surface area contributed by atoms with Crippen molar-refractivity contribution in [2.75, 3.05) is 14.2 Å². The lowest BCUT2D eigenvalue weighted by Crippen LogP contribution is -2.17. The van der Waals surface area contributed by atoms with E-state index in [9.17, 15) is 14.9 Å². The summed E-state index contributed by atoms with van der Waals surface area (Å²) in [6, 6.07) is 5.48. The van der Waals surface area contributed by atoms with Crippen molar-refractivity contribution in [3.05, 3.63) is 39.9 Å². The van der Waals surface area contributed by atoms with Crippen LogP contribution in [0, 0.1) is 10.1 Å². The van der Waals surface area contributed by atoms with Crippen LogP contribution in [0.1, 0.15) is 5.56 Å². The fraction of sp³-hybridized carbons (Fsp3) is 0.200. The van der Waals surface area contributed by atoms with Crippen LogP contribution in [0.25, 0.3) is 0 Å². The summed E-state index contributed by atoms with van der Waals surface area (Å²) in [5.74, 6) is -0.729. The molecule has 0 spiro atoms. The minimum Gasteiger partial charge on any atom is -0.464 e. The van der Waals surface area contributed by atoms with Crippen LogP contribution in [0.5, 0.6) is 0 Å². The summed E-state index contributed by atoms with van der Waals surface area (Å²) in [4.78, 5) is 25.9. The second kappa shape index (κ2) is 5.59. The van der Waals surface area contributed by atoms with Crippen LogP contribution >= 0.6 is 0 Å². The van der Waals surface area contributed by atoms with Gasteiger partial charge >= 0.3 is 5.97 Å². The predicted octanol–water partition coefficient (Wildman–Crippen LogP) is 1.12. The third kappa shape index (κ3) is 3.00. The van der Waals surface area contributed by atoms with Gasteiger partial charge in [-0.3, -0.25) is 10.1 Å². The molecule has 0 aromatic heterocycles. The van der Waals surface area contributed by atoms with Crippen LogP contribution in [0.2, 0.25) is 0 Å². The number of carbonyl (C=O) groups is 1. The second-order valence-corrected chi connectivity index (χ2v) is 2.92. The second-order valence-electron chi connectivity index (χ2n) is 2.92. The fourth-order valence-corrected chi connectivity index (χ4v) is 1.16. The first-order valence-electron chi connectivity index (χ1n) is 4.54. The average Bonchev–Trinajstić information content (AvgIpc) is 2.35. The van der Waals surface area contributed by atoms with Gasteiger partial charge in [0.1, 0.15) is 7.11 Å². The molecule has 7 heteroatoms.